The average molecular weight is 307 g/mol. The molecule has 0 radical (unpaired) electrons. The summed E-state index contributed by atoms with van der Waals surface area (Å²) in [5, 5.41) is 1.76. The molecule has 2 fully saturated rings. The number of fused-ring (bicyclic) bond motifs is 2. The van der Waals surface area contributed by atoms with Crippen LogP contribution in [0.25, 0.3) is 0 Å². The van der Waals surface area contributed by atoms with Crippen LogP contribution in [0.15, 0.2) is 0 Å². The summed E-state index contributed by atoms with van der Waals surface area (Å²) in [5.74, 6) is -0.754. The van der Waals surface area contributed by atoms with Crippen molar-refractivity contribution < 1.29 is 22.8 Å². The number of carbonyl (C=O) groups is 2. The molecule has 4 unspecified atom stereocenters. The quantitative estimate of drug-likeness (QED) is 0.794. The molecular weight excluding hydrogens is 287 g/mol. The fourth-order valence-corrected chi connectivity index (χ4v) is 3.50. The van der Waals surface area contributed by atoms with Crippen molar-refractivity contribution in [2.75, 3.05) is 20.1 Å². The van der Waals surface area contributed by atoms with E-state index in [1.807, 2.05) is 0 Å². The highest BCUT2D eigenvalue weighted by Gasteiger charge is 2.49. The molecule has 0 aromatic rings. The lowest BCUT2D eigenvalue weighted by Crippen LogP contribution is -2.48. The van der Waals surface area contributed by atoms with Crippen LogP contribution in [-0.2, 0) is 9.59 Å². The topological polar surface area (TPSA) is 75.4 Å². The largest absolute Gasteiger partial charge is 0.405 e. The van der Waals surface area contributed by atoms with Crippen LogP contribution in [0.1, 0.15) is 19.3 Å². The fraction of sp³-hybridized carbons (Fsp3) is 0.846. The lowest BCUT2D eigenvalue weighted by Gasteiger charge is -2.30. The van der Waals surface area contributed by atoms with Crippen LogP contribution in [0, 0.1) is 17.8 Å². The number of nitrogens with one attached hydrogen (secondary N) is 1. The van der Waals surface area contributed by atoms with Gasteiger partial charge in [-0.3, -0.25) is 9.59 Å². The number of likely N-dealkylation sites (N-methyl/N-ethyl adjacent to an activating group) is 1. The zero-order valence-electron chi connectivity index (χ0n) is 11.8. The molecule has 0 saturated heterocycles. The Bertz CT molecular complexity index is 425. The molecule has 2 saturated carbocycles. The van der Waals surface area contributed by atoms with Gasteiger partial charge >= 0.3 is 6.18 Å². The number of amides is 2. The Morgan fingerprint density at radius 2 is 1.90 bits per heavy atom. The molecule has 8 heteroatoms. The molecule has 2 aliphatic rings. The van der Waals surface area contributed by atoms with Crippen LogP contribution in [-0.4, -0.2) is 49.1 Å². The van der Waals surface area contributed by atoms with E-state index in [1.165, 1.54) is 11.9 Å². The van der Waals surface area contributed by atoms with Crippen LogP contribution in [0.4, 0.5) is 13.2 Å². The van der Waals surface area contributed by atoms with Crippen LogP contribution >= 0.6 is 0 Å². The molecule has 0 aromatic heterocycles. The Kier molecular flexibility index (Phi) is 4.46. The minimum Gasteiger partial charge on any atom is -0.345 e. The molecule has 2 aliphatic carbocycles. The smallest absolute Gasteiger partial charge is 0.345 e. The summed E-state index contributed by atoms with van der Waals surface area (Å²) in [7, 11) is 1.42. The van der Waals surface area contributed by atoms with E-state index in [0.717, 1.165) is 19.3 Å². The molecule has 120 valence electrons. The maximum Gasteiger partial charge on any atom is 0.405 e. The molecule has 21 heavy (non-hydrogen) atoms. The molecular formula is C13H20F3N3O2. The number of hydrogen-bond donors (Lipinski definition) is 2. The van der Waals surface area contributed by atoms with Crippen molar-refractivity contribution >= 4 is 11.8 Å². The SMILES string of the molecule is CN(CC(=O)NCC(F)(F)F)C(=O)C1C2CCC(C2)C1N. The zero-order valence-corrected chi connectivity index (χ0v) is 11.8. The van der Waals surface area contributed by atoms with Crippen LogP contribution in [0.5, 0.6) is 0 Å². The highest BCUT2D eigenvalue weighted by atomic mass is 19.4. The second-order valence-corrected chi connectivity index (χ2v) is 6.02. The van der Waals surface area contributed by atoms with Gasteiger partial charge in [-0.15, -0.1) is 0 Å². The maximum atomic E-state index is 12.3. The molecule has 5 nitrogen and oxygen atoms in total. The third-order valence-electron chi connectivity index (χ3n) is 4.51. The lowest BCUT2D eigenvalue weighted by atomic mass is 9.84. The van der Waals surface area contributed by atoms with Gasteiger partial charge < -0.3 is 16.0 Å². The van der Waals surface area contributed by atoms with Crippen molar-refractivity contribution in [1.29, 1.82) is 0 Å². The van der Waals surface area contributed by atoms with Gasteiger partial charge in [-0.05, 0) is 31.1 Å². The van der Waals surface area contributed by atoms with Gasteiger partial charge in [0.05, 0.1) is 12.5 Å². The number of rotatable bonds is 4. The van der Waals surface area contributed by atoms with Crippen molar-refractivity contribution in [3.05, 3.63) is 0 Å². The van der Waals surface area contributed by atoms with Gasteiger partial charge in [-0.25, -0.2) is 0 Å². The van der Waals surface area contributed by atoms with Gasteiger partial charge in [-0.2, -0.15) is 13.2 Å². The molecule has 0 heterocycles. The highest BCUT2D eigenvalue weighted by molar-refractivity contribution is 5.86. The standard InChI is InChI=1S/C13H20F3N3O2/c1-19(5-9(20)18-6-13(14,15)16)12(21)10-7-2-3-8(4-7)11(10)17/h7-8,10-11H,2-6,17H2,1H3,(H,18,20). The van der Waals surface area contributed by atoms with Crippen molar-refractivity contribution in [3.8, 4) is 0 Å². The van der Waals surface area contributed by atoms with E-state index in [2.05, 4.69) is 0 Å². The van der Waals surface area contributed by atoms with Crippen molar-refractivity contribution in [2.24, 2.45) is 23.5 Å². The first-order valence-electron chi connectivity index (χ1n) is 7.03. The molecule has 2 bridgehead atoms. The van der Waals surface area contributed by atoms with Crippen molar-refractivity contribution in [1.82, 2.24) is 10.2 Å². The number of nitrogens with two attached hydrogens (primary N) is 1. The molecule has 2 amide bonds. The predicted molar refractivity (Wildman–Crippen MR) is 69.0 cm³/mol. The van der Waals surface area contributed by atoms with Crippen molar-refractivity contribution in [2.45, 2.75) is 31.5 Å². The molecule has 3 N–H and O–H groups in total. The summed E-state index contributed by atoms with van der Waals surface area (Å²) >= 11 is 0. The maximum absolute atomic E-state index is 12.3. The number of alkyl halides is 3. The van der Waals surface area contributed by atoms with Gasteiger partial charge in [0, 0.05) is 13.1 Å². The zero-order chi connectivity index (χ0) is 15.8. The van der Waals surface area contributed by atoms with Crippen LogP contribution < -0.4 is 11.1 Å². The van der Waals surface area contributed by atoms with Gasteiger partial charge in [0.25, 0.3) is 0 Å². The van der Waals surface area contributed by atoms with Gasteiger partial charge in [0.2, 0.25) is 11.8 Å². The van der Waals surface area contributed by atoms with E-state index < -0.39 is 18.6 Å². The third-order valence-corrected chi connectivity index (χ3v) is 4.51. The minimum absolute atomic E-state index is 0.197. The average Bonchev–Trinajstić information content (AvgIpc) is 2.95. The molecule has 0 aromatic carbocycles. The van der Waals surface area contributed by atoms with Gasteiger partial charge in [0.1, 0.15) is 6.54 Å². The first-order chi connectivity index (χ1) is 9.69. The first kappa shape index (κ1) is 16.1. The number of hydrogen-bond acceptors (Lipinski definition) is 3. The normalized spacial score (nSPS) is 31.3. The summed E-state index contributed by atoms with van der Waals surface area (Å²) < 4.78 is 36.0. The van der Waals surface area contributed by atoms with E-state index >= 15 is 0 Å². The van der Waals surface area contributed by atoms with E-state index in [0.29, 0.717) is 5.92 Å². The lowest BCUT2D eigenvalue weighted by molar-refractivity contribution is -0.143. The summed E-state index contributed by atoms with van der Waals surface area (Å²) in [6.07, 6.45) is -1.52. The summed E-state index contributed by atoms with van der Waals surface area (Å²) in [5.41, 5.74) is 6.05. The van der Waals surface area contributed by atoms with Gasteiger partial charge in [0.15, 0.2) is 0 Å². The monoisotopic (exact) mass is 307 g/mol. The first-order valence-corrected chi connectivity index (χ1v) is 7.03. The molecule has 2 rings (SSSR count). The van der Waals surface area contributed by atoms with E-state index in [4.69, 9.17) is 5.73 Å². The Morgan fingerprint density at radius 3 is 2.43 bits per heavy atom. The second kappa shape index (κ2) is 5.82. The number of carbonyl (C=O) groups excluding carboxylic acids is 2. The Morgan fingerprint density at radius 1 is 1.29 bits per heavy atom. The van der Waals surface area contributed by atoms with E-state index in [1.54, 1.807) is 5.32 Å². The second-order valence-electron chi connectivity index (χ2n) is 6.02. The van der Waals surface area contributed by atoms with E-state index in [-0.39, 0.29) is 30.3 Å². The predicted octanol–water partition coefficient (Wildman–Crippen LogP) is 0.497. The molecule has 0 spiro atoms. The summed E-state index contributed by atoms with van der Waals surface area (Å²) in [4.78, 5) is 24.9. The van der Waals surface area contributed by atoms with Gasteiger partial charge in [-0.1, -0.05) is 0 Å². The Hall–Kier alpha value is -1.31. The van der Waals surface area contributed by atoms with Crippen LogP contribution in [0.3, 0.4) is 0 Å². The van der Waals surface area contributed by atoms with Crippen LogP contribution in [0.2, 0.25) is 0 Å². The summed E-state index contributed by atoms with van der Waals surface area (Å²) in [6.45, 7) is -1.77. The van der Waals surface area contributed by atoms with Crippen molar-refractivity contribution in [3.63, 3.8) is 0 Å². The molecule has 4 atom stereocenters. The Labute approximate surface area is 121 Å². The van der Waals surface area contributed by atoms with E-state index in [9.17, 15) is 22.8 Å². The minimum atomic E-state index is -4.45. The Balaban J connectivity index is 1.84. The molecule has 0 aliphatic heterocycles. The number of halogens is 3. The number of nitrogens with zero attached hydrogens (tertiary/aromatic N) is 1. The third kappa shape index (κ3) is 3.66. The highest BCUT2D eigenvalue weighted by Crippen LogP contribution is 2.48. The summed E-state index contributed by atoms with van der Waals surface area (Å²) in [6, 6.07) is -0.197. The fourth-order valence-electron chi connectivity index (χ4n) is 3.50.